The number of hydrogen-bond donors (Lipinski definition) is 0. The lowest BCUT2D eigenvalue weighted by molar-refractivity contribution is -0.141. The second kappa shape index (κ2) is 5.92. The van der Waals surface area contributed by atoms with Gasteiger partial charge in [0.05, 0.1) is 5.02 Å². The molecule has 2 rings (SSSR count). The maximum atomic E-state index is 12.7. The molecule has 0 aliphatic rings. The standard InChI is InChI=1S/C13H5BrClF3N2O/c14-8-2-3-9(15)10(5-8)21-12-7(6-19)1-4-11(20-12)13(16,17)18/h1-5H. The Balaban J connectivity index is 2.47. The average molecular weight is 378 g/mol. The van der Waals surface area contributed by atoms with Crippen molar-refractivity contribution in [3.8, 4) is 17.7 Å². The highest BCUT2D eigenvalue weighted by Crippen LogP contribution is 2.35. The molecule has 0 fully saturated rings. The van der Waals surface area contributed by atoms with E-state index >= 15 is 0 Å². The molecule has 0 N–H and O–H groups in total. The third kappa shape index (κ3) is 3.65. The first-order chi connectivity index (χ1) is 9.81. The summed E-state index contributed by atoms with van der Waals surface area (Å²) < 4.78 is 43.8. The zero-order chi connectivity index (χ0) is 15.6. The van der Waals surface area contributed by atoms with Gasteiger partial charge in [-0.05, 0) is 30.3 Å². The van der Waals surface area contributed by atoms with Crippen molar-refractivity contribution in [2.75, 3.05) is 0 Å². The number of nitriles is 1. The van der Waals surface area contributed by atoms with Crippen molar-refractivity contribution in [2.24, 2.45) is 0 Å². The van der Waals surface area contributed by atoms with E-state index in [-0.39, 0.29) is 16.3 Å². The quantitative estimate of drug-likeness (QED) is 0.724. The van der Waals surface area contributed by atoms with E-state index < -0.39 is 17.8 Å². The van der Waals surface area contributed by atoms with Crippen LogP contribution in [0.4, 0.5) is 13.2 Å². The summed E-state index contributed by atoms with van der Waals surface area (Å²) in [5.41, 5.74) is -1.28. The van der Waals surface area contributed by atoms with Crippen molar-refractivity contribution in [3.63, 3.8) is 0 Å². The highest BCUT2D eigenvalue weighted by molar-refractivity contribution is 9.10. The van der Waals surface area contributed by atoms with Crippen LogP contribution in [0.15, 0.2) is 34.8 Å². The van der Waals surface area contributed by atoms with E-state index in [1.165, 1.54) is 12.1 Å². The fraction of sp³-hybridized carbons (Fsp3) is 0.0769. The summed E-state index contributed by atoms with van der Waals surface area (Å²) in [5, 5.41) is 9.10. The topological polar surface area (TPSA) is 45.9 Å². The number of pyridine rings is 1. The summed E-state index contributed by atoms with van der Waals surface area (Å²) >= 11 is 9.08. The summed E-state index contributed by atoms with van der Waals surface area (Å²) in [7, 11) is 0. The van der Waals surface area contributed by atoms with Gasteiger partial charge in [0.15, 0.2) is 0 Å². The summed E-state index contributed by atoms with van der Waals surface area (Å²) in [6.45, 7) is 0. The van der Waals surface area contributed by atoms with Gasteiger partial charge in [-0.2, -0.15) is 18.4 Å². The van der Waals surface area contributed by atoms with E-state index in [1.807, 2.05) is 0 Å². The van der Waals surface area contributed by atoms with Gasteiger partial charge >= 0.3 is 6.18 Å². The minimum atomic E-state index is -4.63. The average Bonchev–Trinajstić information content (AvgIpc) is 2.42. The number of alkyl halides is 3. The van der Waals surface area contributed by atoms with Crippen molar-refractivity contribution in [2.45, 2.75) is 6.18 Å². The van der Waals surface area contributed by atoms with Crippen molar-refractivity contribution < 1.29 is 17.9 Å². The van der Waals surface area contributed by atoms with E-state index in [2.05, 4.69) is 20.9 Å². The Kier molecular flexibility index (Phi) is 4.40. The predicted octanol–water partition coefficient (Wildman–Crippen LogP) is 5.18. The summed E-state index contributed by atoms with van der Waals surface area (Å²) in [6, 6.07) is 8.04. The van der Waals surface area contributed by atoms with E-state index in [0.717, 1.165) is 6.07 Å². The zero-order valence-electron chi connectivity index (χ0n) is 10.1. The number of aromatic nitrogens is 1. The number of nitrogens with zero attached hydrogens (tertiary/aromatic N) is 2. The van der Waals surface area contributed by atoms with E-state index in [1.54, 1.807) is 12.1 Å². The van der Waals surface area contributed by atoms with Crippen LogP contribution in [0.25, 0.3) is 0 Å². The van der Waals surface area contributed by atoms with E-state index in [9.17, 15) is 13.2 Å². The van der Waals surface area contributed by atoms with Gasteiger partial charge in [-0.15, -0.1) is 0 Å². The molecule has 0 amide bonds. The number of ether oxygens (including phenoxy) is 1. The minimum absolute atomic E-state index is 0.0920. The molecular formula is C13H5BrClF3N2O. The third-order valence-corrected chi connectivity index (χ3v) is 3.18. The Bertz CT molecular complexity index is 728. The monoisotopic (exact) mass is 376 g/mol. The summed E-state index contributed by atoms with van der Waals surface area (Å²) in [5.74, 6) is -0.360. The molecule has 8 heteroatoms. The highest BCUT2D eigenvalue weighted by atomic mass is 79.9. The molecule has 1 aromatic carbocycles. The Labute approximate surface area is 131 Å². The minimum Gasteiger partial charge on any atom is -0.436 e. The summed E-state index contributed by atoms with van der Waals surface area (Å²) in [4.78, 5) is 3.34. The molecule has 21 heavy (non-hydrogen) atoms. The van der Waals surface area contributed by atoms with Gasteiger partial charge in [0.2, 0.25) is 5.88 Å². The van der Waals surface area contributed by atoms with Crippen LogP contribution in [0.5, 0.6) is 11.6 Å². The lowest BCUT2D eigenvalue weighted by atomic mass is 10.2. The molecule has 108 valence electrons. The van der Waals surface area contributed by atoms with Crippen LogP contribution < -0.4 is 4.74 Å². The SMILES string of the molecule is N#Cc1ccc(C(F)(F)F)nc1Oc1cc(Br)ccc1Cl. The normalized spacial score (nSPS) is 11.0. The molecule has 1 aromatic heterocycles. The fourth-order valence-corrected chi connectivity index (χ4v) is 1.92. The molecule has 0 aliphatic heterocycles. The Morgan fingerprint density at radius 3 is 2.57 bits per heavy atom. The first kappa shape index (κ1) is 15.6. The van der Waals surface area contributed by atoms with E-state index in [4.69, 9.17) is 21.6 Å². The van der Waals surface area contributed by atoms with Gasteiger partial charge < -0.3 is 4.74 Å². The Morgan fingerprint density at radius 2 is 1.95 bits per heavy atom. The number of rotatable bonds is 2. The molecule has 0 aliphatic carbocycles. The Morgan fingerprint density at radius 1 is 1.24 bits per heavy atom. The summed E-state index contributed by atoms with van der Waals surface area (Å²) in [6.07, 6.45) is -4.63. The van der Waals surface area contributed by atoms with Gasteiger partial charge in [-0.1, -0.05) is 27.5 Å². The first-order valence-electron chi connectivity index (χ1n) is 5.42. The van der Waals surface area contributed by atoms with Crippen LogP contribution >= 0.6 is 27.5 Å². The van der Waals surface area contributed by atoms with Crippen LogP contribution in [0.1, 0.15) is 11.3 Å². The molecule has 1 heterocycles. The number of halogens is 5. The molecular weight excluding hydrogens is 373 g/mol. The fourth-order valence-electron chi connectivity index (χ4n) is 1.42. The van der Waals surface area contributed by atoms with Crippen LogP contribution in [0.2, 0.25) is 5.02 Å². The van der Waals surface area contributed by atoms with Gasteiger partial charge in [0.1, 0.15) is 23.1 Å². The molecule has 0 saturated carbocycles. The largest absolute Gasteiger partial charge is 0.436 e. The van der Waals surface area contributed by atoms with Gasteiger partial charge in [-0.3, -0.25) is 0 Å². The maximum Gasteiger partial charge on any atom is 0.433 e. The molecule has 0 spiro atoms. The molecule has 0 unspecified atom stereocenters. The molecule has 0 atom stereocenters. The van der Waals surface area contributed by atoms with Crippen molar-refractivity contribution in [1.29, 1.82) is 5.26 Å². The smallest absolute Gasteiger partial charge is 0.433 e. The molecule has 0 radical (unpaired) electrons. The van der Waals surface area contributed by atoms with Crippen molar-refractivity contribution in [1.82, 2.24) is 4.98 Å². The van der Waals surface area contributed by atoms with E-state index in [0.29, 0.717) is 10.5 Å². The number of benzene rings is 1. The number of hydrogen-bond acceptors (Lipinski definition) is 3. The second-order valence-electron chi connectivity index (χ2n) is 3.84. The second-order valence-corrected chi connectivity index (χ2v) is 5.16. The van der Waals surface area contributed by atoms with Gasteiger partial charge in [0, 0.05) is 4.47 Å². The predicted molar refractivity (Wildman–Crippen MR) is 73.2 cm³/mol. The van der Waals surface area contributed by atoms with Crippen LogP contribution in [-0.2, 0) is 6.18 Å². The van der Waals surface area contributed by atoms with Crippen molar-refractivity contribution >= 4 is 27.5 Å². The molecule has 3 nitrogen and oxygen atoms in total. The van der Waals surface area contributed by atoms with Crippen molar-refractivity contribution in [3.05, 3.63) is 51.1 Å². The molecule has 0 bridgehead atoms. The lowest BCUT2D eigenvalue weighted by Crippen LogP contribution is -2.09. The molecule has 0 saturated heterocycles. The third-order valence-electron chi connectivity index (χ3n) is 2.37. The zero-order valence-corrected chi connectivity index (χ0v) is 12.4. The maximum absolute atomic E-state index is 12.7. The lowest BCUT2D eigenvalue weighted by Gasteiger charge is -2.11. The van der Waals surface area contributed by atoms with Crippen LogP contribution in [-0.4, -0.2) is 4.98 Å². The molecule has 2 aromatic rings. The first-order valence-corrected chi connectivity index (χ1v) is 6.59. The van der Waals surface area contributed by atoms with Crippen LogP contribution in [0, 0.1) is 11.3 Å². The Hall–Kier alpha value is -1.78. The van der Waals surface area contributed by atoms with Gasteiger partial charge in [0.25, 0.3) is 0 Å². The van der Waals surface area contributed by atoms with Gasteiger partial charge in [-0.25, -0.2) is 4.98 Å². The highest BCUT2D eigenvalue weighted by Gasteiger charge is 2.33. The van der Waals surface area contributed by atoms with Crippen LogP contribution in [0.3, 0.4) is 0 Å².